The van der Waals surface area contributed by atoms with Crippen LogP contribution in [0.1, 0.15) is 40.5 Å². The van der Waals surface area contributed by atoms with Crippen molar-refractivity contribution in [2.24, 2.45) is 11.3 Å². The lowest BCUT2D eigenvalue weighted by molar-refractivity contribution is -0.665. The molecule has 0 aromatic rings. The Morgan fingerprint density at radius 1 is 1.22 bits per heavy atom. The Morgan fingerprint density at radius 2 is 1.78 bits per heavy atom. The van der Waals surface area contributed by atoms with Gasteiger partial charge in [0.1, 0.15) is 5.60 Å². The van der Waals surface area contributed by atoms with Crippen LogP contribution < -0.4 is 5.32 Å². The van der Waals surface area contributed by atoms with E-state index < -0.39 is 5.41 Å². The highest BCUT2D eigenvalue weighted by Gasteiger charge is 2.39. The van der Waals surface area contributed by atoms with Gasteiger partial charge in [0.25, 0.3) is 0 Å². The summed E-state index contributed by atoms with van der Waals surface area (Å²) in [6.45, 7) is 10.4. The quantitative estimate of drug-likeness (QED) is 0.747. The Balaban J connectivity index is 2.61. The fraction of sp³-hybridized carbons (Fsp3) is 0.929. The molecule has 0 aliphatic carbocycles. The number of rotatable bonds is 5. The summed E-state index contributed by atoms with van der Waals surface area (Å²) in [5, 5.41) is 2.32. The third kappa shape index (κ3) is 3.95. The van der Waals surface area contributed by atoms with Crippen LogP contribution in [-0.4, -0.2) is 38.4 Å². The van der Waals surface area contributed by atoms with Gasteiger partial charge in [-0.05, 0) is 27.7 Å². The molecule has 0 radical (unpaired) electrons. The normalized spacial score (nSPS) is 18.7. The molecule has 4 nitrogen and oxygen atoms in total. The maximum Gasteiger partial charge on any atom is 0.314 e. The van der Waals surface area contributed by atoms with Crippen LogP contribution in [0.5, 0.6) is 0 Å². The second kappa shape index (κ2) is 6.02. The van der Waals surface area contributed by atoms with Crippen LogP contribution in [0.15, 0.2) is 0 Å². The molecule has 0 atom stereocenters. The monoisotopic (exact) mass is 258 g/mol. The van der Waals surface area contributed by atoms with Gasteiger partial charge in [-0.25, -0.2) is 0 Å². The molecule has 18 heavy (non-hydrogen) atoms. The van der Waals surface area contributed by atoms with E-state index >= 15 is 0 Å². The van der Waals surface area contributed by atoms with E-state index in [1.165, 1.54) is 0 Å². The van der Waals surface area contributed by atoms with E-state index in [1.807, 2.05) is 27.7 Å². The van der Waals surface area contributed by atoms with Gasteiger partial charge in [0.05, 0.1) is 25.1 Å². The molecular formula is C14H28NO3+. The predicted molar refractivity (Wildman–Crippen MR) is 70.2 cm³/mol. The van der Waals surface area contributed by atoms with Crippen molar-refractivity contribution in [2.45, 2.75) is 46.1 Å². The highest BCUT2D eigenvalue weighted by Crippen LogP contribution is 2.30. The topological polar surface area (TPSA) is 52.1 Å². The summed E-state index contributed by atoms with van der Waals surface area (Å²) in [6.07, 6.45) is 2.23. The smallest absolute Gasteiger partial charge is 0.314 e. The predicted octanol–water partition coefficient (Wildman–Crippen LogP) is 0.954. The van der Waals surface area contributed by atoms with Crippen LogP contribution >= 0.6 is 0 Å². The van der Waals surface area contributed by atoms with Crippen LogP contribution in [0.2, 0.25) is 0 Å². The van der Waals surface area contributed by atoms with Crippen molar-refractivity contribution in [3.63, 3.8) is 0 Å². The van der Waals surface area contributed by atoms with E-state index in [1.54, 1.807) is 7.11 Å². The Kier molecular flexibility index (Phi) is 5.17. The van der Waals surface area contributed by atoms with Gasteiger partial charge >= 0.3 is 5.97 Å². The Labute approximate surface area is 110 Å². The molecule has 1 rings (SSSR count). The number of carbonyl (C=O) groups is 1. The molecule has 0 amide bonds. The van der Waals surface area contributed by atoms with Gasteiger partial charge in [-0.15, -0.1) is 0 Å². The van der Waals surface area contributed by atoms with E-state index in [2.05, 4.69) is 5.32 Å². The fourth-order valence-corrected chi connectivity index (χ4v) is 2.50. The molecule has 0 unspecified atom stereocenters. The molecule has 0 saturated carbocycles. The fourth-order valence-electron chi connectivity index (χ4n) is 2.50. The summed E-state index contributed by atoms with van der Waals surface area (Å²) >= 11 is 0. The van der Waals surface area contributed by atoms with Gasteiger partial charge in [-0.1, -0.05) is 0 Å². The SMILES string of the molecule is COCC(C)(C)C(=O)OC(C)(C)C1CC[NH2+]CC1. The van der Waals surface area contributed by atoms with E-state index in [0.29, 0.717) is 12.5 Å². The molecule has 1 fully saturated rings. The highest BCUT2D eigenvalue weighted by molar-refractivity contribution is 5.76. The van der Waals surface area contributed by atoms with Crippen LogP contribution in [0.4, 0.5) is 0 Å². The summed E-state index contributed by atoms with van der Waals surface area (Å²) in [5.41, 5.74) is -0.955. The Hall–Kier alpha value is -0.610. The van der Waals surface area contributed by atoms with E-state index in [9.17, 15) is 4.79 Å². The summed E-state index contributed by atoms with van der Waals surface area (Å²) in [4.78, 5) is 12.2. The summed E-state index contributed by atoms with van der Waals surface area (Å²) < 4.78 is 10.8. The molecule has 1 heterocycles. The zero-order valence-corrected chi connectivity index (χ0v) is 12.4. The van der Waals surface area contributed by atoms with E-state index in [0.717, 1.165) is 25.9 Å². The first kappa shape index (κ1) is 15.4. The molecular weight excluding hydrogens is 230 g/mol. The summed E-state index contributed by atoms with van der Waals surface area (Å²) in [6, 6.07) is 0. The third-order valence-electron chi connectivity index (χ3n) is 3.84. The van der Waals surface area contributed by atoms with Crippen molar-refractivity contribution in [1.29, 1.82) is 0 Å². The first-order chi connectivity index (χ1) is 8.29. The third-order valence-corrected chi connectivity index (χ3v) is 3.84. The van der Waals surface area contributed by atoms with E-state index in [-0.39, 0.29) is 11.6 Å². The van der Waals surface area contributed by atoms with Gasteiger partial charge in [-0.3, -0.25) is 4.79 Å². The van der Waals surface area contributed by atoms with Crippen LogP contribution in [0.25, 0.3) is 0 Å². The molecule has 2 N–H and O–H groups in total. The molecule has 4 heteroatoms. The molecule has 1 saturated heterocycles. The minimum Gasteiger partial charge on any atom is -0.459 e. The first-order valence-electron chi connectivity index (χ1n) is 6.83. The maximum atomic E-state index is 12.2. The average Bonchev–Trinajstić information content (AvgIpc) is 2.29. The largest absolute Gasteiger partial charge is 0.459 e. The first-order valence-corrected chi connectivity index (χ1v) is 6.83. The second-order valence-electron chi connectivity index (χ2n) is 6.45. The van der Waals surface area contributed by atoms with Crippen molar-refractivity contribution in [2.75, 3.05) is 26.8 Å². The van der Waals surface area contributed by atoms with Crippen molar-refractivity contribution < 1.29 is 19.6 Å². The molecule has 0 bridgehead atoms. The number of piperidine rings is 1. The van der Waals surface area contributed by atoms with Gasteiger partial charge in [0.2, 0.25) is 0 Å². The lowest BCUT2D eigenvalue weighted by atomic mass is 9.83. The van der Waals surface area contributed by atoms with Crippen molar-refractivity contribution >= 4 is 5.97 Å². The van der Waals surface area contributed by atoms with Crippen molar-refractivity contribution in [1.82, 2.24) is 0 Å². The lowest BCUT2D eigenvalue weighted by Gasteiger charge is -2.37. The minimum absolute atomic E-state index is 0.163. The van der Waals surface area contributed by atoms with E-state index in [4.69, 9.17) is 9.47 Å². The summed E-state index contributed by atoms with van der Waals surface area (Å²) in [7, 11) is 1.61. The number of hydrogen-bond acceptors (Lipinski definition) is 3. The second-order valence-corrected chi connectivity index (χ2v) is 6.45. The van der Waals surface area contributed by atoms with Gasteiger partial charge < -0.3 is 14.8 Å². The minimum atomic E-state index is -0.577. The highest BCUT2D eigenvalue weighted by atomic mass is 16.6. The molecule has 0 aromatic heterocycles. The number of quaternary nitrogens is 1. The van der Waals surface area contributed by atoms with Crippen LogP contribution in [-0.2, 0) is 14.3 Å². The van der Waals surface area contributed by atoms with Crippen LogP contribution in [0.3, 0.4) is 0 Å². The average molecular weight is 258 g/mol. The molecule has 1 aliphatic rings. The molecule has 0 spiro atoms. The summed E-state index contributed by atoms with van der Waals surface area (Å²) in [5.74, 6) is 0.300. The zero-order chi connectivity index (χ0) is 13.8. The lowest BCUT2D eigenvalue weighted by Crippen LogP contribution is -2.86. The Morgan fingerprint density at radius 3 is 2.28 bits per heavy atom. The number of hydrogen-bond donors (Lipinski definition) is 1. The number of nitrogens with two attached hydrogens (primary N) is 1. The maximum absolute atomic E-state index is 12.2. The number of ether oxygens (including phenoxy) is 2. The number of esters is 1. The molecule has 1 aliphatic heterocycles. The van der Waals surface area contributed by atoms with Crippen LogP contribution in [0, 0.1) is 11.3 Å². The van der Waals surface area contributed by atoms with Gasteiger partial charge in [0.15, 0.2) is 0 Å². The van der Waals surface area contributed by atoms with Crippen molar-refractivity contribution in [3.8, 4) is 0 Å². The standard InChI is InChI=1S/C14H27NO3/c1-13(2,10-17-5)12(16)18-14(3,4)11-6-8-15-9-7-11/h11,15H,6-10H2,1-5H3/p+1. The van der Waals surface area contributed by atoms with Gasteiger partial charge in [-0.2, -0.15) is 0 Å². The number of methoxy groups -OCH3 is 1. The van der Waals surface area contributed by atoms with Crippen molar-refractivity contribution in [3.05, 3.63) is 0 Å². The zero-order valence-electron chi connectivity index (χ0n) is 12.4. The van der Waals surface area contributed by atoms with Gasteiger partial charge in [0, 0.05) is 25.9 Å². The molecule has 0 aromatic carbocycles. The molecule has 106 valence electrons. The Bertz CT molecular complexity index is 281. The number of carbonyl (C=O) groups excluding carboxylic acids is 1.